The van der Waals surface area contributed by atoms with Crippen LogP contribution in [-0.2, 0) is 4.79 Å². The predicted molar refractivity (Wildman–Crippen MR) is 118 cm³/mol. The molecule has 10 heteroatoms. The minimum atomic E-state index is -0.280. The molecule has 1 amide bonds. The summed E-state index contributed by atoms with van der Waals surface area (Å²) in [6.07, 6.45) is 0. The number of hydrogen-bond donors (Lipinski definition) is 1. The average molecular weight is 454 g/mol. The van der Waals surface area contributed by atoms with Crippen LogP contribution in [0.1, 0.15) is 0 Å². The second kappa shape index (κ2) is 9.97. The van der Waals surface area contributed by atoms with Gasteiger partial charge in [-0.25, -0.2) is 0 Å². The number of halogens is 1. The molecule has 4 rings (SSSR count). The van der Waals surface area contributed by atoms with Crippen LogP contribution < -0.4 is 19.5 Å². The number of rotatable bonds is 9. The van der Waals surface area contributed by atoms with Crippen LogP contribution in [0.5, 0.6) is 17.4 Å². The molecular formula is C22H20ClN5O4. The SMILES string of the molecule is COc1ccc(-c2nnc3ccc(OCCNC(=O)COc4ccccc4Cl)nn23)cc1. The van der Waals surface area contributed by atoms with E-state index in [1.54, 1.807) is 48.0 Å². The summed E-state index contributed by atoms with van der Waals surface area (Å²) in [6.45, 7) is 0.383. The van der Waals surface area contributed by atoms with Crippen LogP contribution in [0.25, 0.3) is 17.0 Å². The van der Waals surface area contributed by atoms with Crippen molar-refractivity contribution in [3.8, 4) is 28.8 Å². The number of para-hydroxylation sites is 1. The molecule has 0 atom stereocenters. The summed E-state index contributed by atoms with van der Waals surface area (Å²) in [6, 6.07) is 17.9. The average Bonchev–Trinajstić information content (AvgIpc) is 3.24. The van der Waals surface area contributed by atoms with Gasteiger partial charge in [-0.05, 0) is 42.5 Å². The van der Waals surface area contributed by atoms with Crippen molar-refractivity contribution in [2.45, 2.75) is 0 Å². The van der Waals surface area contributed by atoms with E-state index < -0.39 is 0 Å². The van der Waals surface area contributed by atoms with Crippen molar-refractivity contribution in [3.63, 3.8) is 0 Å². The second-order valence-electron chi connectivity index (χ2n) is 6.61. The Kier molecular flexibility index (Phi) is 6.66. The van der Waals surface area contributed by atoms with E-state index >= 15 is 0 Å². The topological polar surface area (TPSA) is 99.9 Å². The number of aromatic nitrogens is 4. The van der Waals surface area contributed by atoms with Crippen molar-refractivity contribution in [2.75, 3.05) is 26.9 Å². The third kappa shape index (κ3) is 5.06. The number of ether oxygens (including phenoxy) is 3. The van der Waals surface area contributed by atoms with Gasteiger partial charge in [0.2, 0.25) is 5.88 Å². The summed E-state index contributed by atoms with van der Waals surface area (Å²) in [5.41, 5.74) is 1.43. The van der Waals surface area contributed by atoms with Gasteiger partial charge in [-0.2, -0.15) is 4.52 Å². The van der Waals surface area contributed by atoms with E-state index in [9.17, 15) is 4.79 Å². The largest absolute Gasteiger partial charge is 0.497 e. The second-order valence-corrected chi connectivity index (χ2v) is 7.02. The fraction of sp³-hybridized carbons (Fsp3) is 0.182. The number of methoxy groups -OCH3 is 1. The van der Waals surface area contributed by atoms with Gasteiger partial charge in [0.25, 0.3) is 5.91 Å². The molecule has 0 unspecified atom stereocenters. The summed E-state index contributed by atoms with van der Waals surface area (Å²) >= 11 is 6.00. The maximum absolute atomic E-state index is 11.9. The lowest BCUT2D eigenvalue weighted by molar-refractivity contribution is -0.123. The van der Waals surface area contributed by atoms with Crippen molar-refractivity contribution in [1.82, 2.24) is 25.1 Å². The van der Waals surface area contributed by atoms with Crippen LogP contribution in [-0.4, -0.2) is 52.6 Å². The Bertz CT molecular complexity index is 1210. The lowest BCUT2D eigenvalue weighted by Crippen LogP contribution is -2.32. The van der Waals surface area contributed by atoms with Gasteiger partial charge in [0.1, 0.15) is 18.1 Å². The molecule has 0 aliphatic heterocycles. The lowest BCUT2D eigenvalue weighted by Gasteiger charge is -2.09. The van der Waals surface area contributed by atoms with E-state index in [-0.39, 0.29) is 25.7 Å². The Balaban J connectivity index is 1.30. The number of nitrogens with one attached hydrogen (secondary N) is 1. The fourth-order valence-electron chi connectivity index (χ4n) is 2.87. The Morgan fingerprint density at radius 3 is 2.62 bits per heavy atom. The number of carbonyl (C=O) groups is 1. The van der Waals surface area contributed by atoms with Gasteiger partial charge < -0.3 is 19.5 Å². The van der Waals surface area contributed by atoms with Crippen LogP contribution in [0, 0.1) is 0 Å². The van der Waals surface area contributed by atoms with Gasteiger partial charge in [0.05, 0.1) is 18.7 Å². The van der Waals surface area contributed by atoms with Crippen molar-refractivity contribution in [1.29, 1.82) is 0 Å². The highest BCUT2D eigenvalue weighted by molar-refractivity contribution is 6.32. The molecule has 0 fully saturated rings. The zero-order valence-corrected chi connectivity index (χ0v) is 18.0. The van der Waals surface area contributed by atoms with E-state index in [1.165, 1.54) is 0 Å². The minimum Gasteiger partial charge on any atom is -0.497 e. The summed E-state index contributed by atoms with van der Waals surface area (Å²) in [7, 11) is 1.61. The molecule has 0 bridgehead atoms. The van der Waals surface area contributed by atoms with E-state index in [0.717, 1.165) is 11.3 Å². The number of hydrogen-bond acceptors (Lipinski definition) is 7. The number of nitrogens with zero attached hydrogens (tertiary/aromatic N) is 4. The van der Waals surface area contributed by atoms with Crippen molar-refractivity contribution in [3.05, 3.63) is 65.7 Å². The molecule has 0 aliphatic carbocycles. The standard InChI is InChI=1S/C22H20ClN5O4/c1-30-16-8-6-15(7-9-16)22-26-25-19-10-11-21(27-28(19)22)31-13-12-24-20(29)14-32-18-5-3-2-4-17(18)23/h2-11H,12-14H2,1H3,(H,24,29). The maximum atomic E-state index is 11.9. The number of carbonyl (C=O) groups excluding carboxylic acids is 1. The van der Waals surface area contributed by atoms with Gasteiger partial charge in [0.15, 0.2) is 18.1 Å². The molecule has 0 spiro atoms. The Labute approximate surface area is 188 Å². The van der Waals surface area contributed by atoms with Gasteiger partial charge in [0, 0.05) is 11.6 Å². The highest BCUT2D eigenvalue weighted by Crippen LogP contribution is 2.23. The molecule has 2 heterocycles. The fourth-order valence-corrected chi connectivity index (χ4v) is 3.06. The van der Waals surface area contributed by atoms with Crippen molar-refractivity contribution >= 4 is 23.2 Å². The molecule has 0 radical (unpaired) electrons. The summed E-state index contributed by atoms with van der Waals surface area (Å²) < 4.78 is 17.8. The number of fused-ring (bicyclic) bond motifs is 1. The van der Waals surface area contributed by atoms with Gasteiger partial charge in [-0.1, -0.05) is 23.7 Å². The quantitative estimate of drug-likeness (QED) is 0.389. The first-order chi connectivity index (χ1) is 15.6. The molecule has 2 aromatic carbocycles. The molecule has 1 N–H and O–H groups in total. The Hall–Kier alpha value is -3.85. The molecule has 0 saturated carbocycles. The summed E-state index contributed by atoms with van der Waals surface area (Å²) in [4.78, 5) is 11.9. The third-order valence-corrected chi connectivity index (χ3v) is 4.77. The zero-order chi connectivity index (χ0) is 22.3. The summed E-state index contributed by atoms with van der Waals surface area (Å²) in [5, 5.41) is 16.0. The highest BCUT2D eigenvalue weighted by atomic mass is 35.5. The normalized spacial score (nSPS) is 10.7. The third-order valence-electron chi connectivity index (χ3n) is 4.46. The molecule has 164 valence electrons. The predicted octanol–water partition coefficient (Wildman–Crippen LogP) is 3.03. The monoisotopic (exact) mass is 453 g/mol. The van der Waals surface area contributed by atoms with E-state index in [2.05, 4.69) is 20.6 Å². The number of benzene rings is 2. The van der Waals surface area contributed by atoms with E-state index in [0.29, 0.717) is 28.1 Å². The molecule has 4 aromatic rings. The first-order valence-electron chi connectivity index (χ1n) is 9.78. The first-order valence-corrected chi connectivity index (χ1v) is 10.2. The van der Waals surface area contributed by atoms with Gasteiger partial charge >= 0.3 is 0 Å². The van der Waals surface area contributed by atoms with E-state index in [1.807, 2.05) is 24.3 Å². The van der Waals surface area contributed by atoms with Gasteiger partial charge in [-0.15, -0.1) is 15.3 Å². The Morgan fingerprint density at radius 2 is 1.84 bits per heavy atom. The zero-order valence-electron chi connectivity index (χ0n) is 17.2. The number of amides is 1. The van der Waals surface area contributed by atoms with Crippen LogP contribution >= 0.6 is 11.6 Å². The molecule has 32 heavy (non-hydrogen) atoms. The van der Waals surface area contributed by atoms with Crippen LogP contribution in [0.4, 0.5) is 0 Å². The summed E-state index contributed by atoms with van der Waals surface area (Å²) in [5.74, 6) is 1.89. The Morgan fingerprint density at radius 1 is 1.03 bits per heavy atom. The molecule has 0 saturated heterocycles. The smallest absolute Gasteiger partial charge is 0.258 e. The first kappa shape index (κ1) is 21.4. The van der Waals surface area contributed by atoms with Crippen molar-refractivity contribution in [2.24, 2.45) is 0 Å². The molecule has 0 aliphatic rings. The lowest BCUT2D eigenvalue weighted by atomic mass is 10.2. The molecular weight excluding hydrogens is 434 g/mol. The van der Waals surface area contributed by atoms with Crippen LogP contribution in [0.15, 0.2) is 60.7 Å². The molecule has 2 aromatic heterocycles. The van der Waals surface area contributed by atoms with E-state index in [4.69, 9.17) is 25.8 Å². The van der Waals surface area contributed by atoms with Crippen molar-refractivity contribution < 1.29 is 19.0 Å². The maximum Gasteiger partial charge on any atom is 0.258 e. The molecule has 9 nitrogen and oxygen atoms in total. The van der Waals surface area contributed by atoms with Crippen LogP contribution in [0.3, 0.4) is 0 Å². The van der Waals surface area contributed by atoms with Crippen LogP contribution in [0.2, 0.25) is 5.02 Å². The van der Waals surface area contributed by atoms with Gasteiger partial charge in [-0.3, -0.25) is 4.79 Å². The minimum absolute atomic E-state index is 0.139. The highest BCUT2D eigenvalue weighted by Gasteiger charge is 2.11.